The molecule has 1 aromatic carbocycles. The predicted molar refractivity (Wildman–Crippen MR) is 71.0 cm³/mol. The summed E-state index contributed by atoms with van der Waals surface area (Å²) in [6, 6.07) is 8.04. The average molecular weight is 320 g/mol. The van der Waals surface area contributed by atoms with Crippen LogP contribution in [0.3, 0.4) is 0 Å². The van der Waals surface area contributed by atoms with Gasteiger partial charge < -0.3 is 5.32 Å². The summed E-state index contributed by atoms with van der Waals surface area (Å²) in [4.78, 5) is 15.5. The largest absolute Gasteiger partial charge is 0.321 e. The van der Waals surface area contributed by atoms with Gasteiger partial charge in [0.05, 0.1) is 23.0 Å². The molecule has 0 aliphatic heterocycles. The van der Waals surface area contributed by atoms with Crippen LogP contribution in [0.2, 0.25) is 0 Å². The molecule has 0 bridgehead atoms. The number of aromatic nitrogens is 1. The van der Waals surface area contributed by atoms with Crippen LogP contribution in [0.25, 0.3) is 0 Å². The van der Waals surface area contributed by atoms with Gasteiger partial charge in [-0.15, -0.1) is 0 Å². The zero-order valence-electron chi connectivity index (χ0n) is 9.52. The minimum absolute atomic E-state index is 0.126. The fourth-order valence-electron chi connectivity index (χ4n) is 1.47. The van der Waals surface area contributed by atoms with E-state index in [9.17, 15) is 9.18 Å². The van der Waals surface area contributed by atoms with Crippen LogP contribution < -0.4 is 5.32 Å². The highest BCUT2D eigenvalue weighted by atomic mass is 79.9. The topological polar surface area (TPSA) is 65.8 Å². The molecule has 19 heavy (non-hydrogen) atoms. The molecule has 0 fully saturated rings. The van der Waals surface area contributed by atoms with E-state index >= 15 is 0 Å². The van der Waals surface area contributed by atoms with E-state index in [-0.39, 0.29) is 5.56 Å². The van der Waals surface area contributed by atoms with E-state index in [1.165, 1.54) is 12.3 Å². The maximum atomic E-state index is 13.4. The first-order valence-electron chi connectivity index (χ1n) is 5.22. The fraction of sp³-hybridized carbons (Fsp3) is 0. The molecule has 2 aromatic rings. The SMILES string of the molecule is N#Cc1ccc(Br)cc1NC(=O)c1ccncc1F. The zero-order chi connectivity index (χ0) is 13.8. The normalized spacial score (nSPS) is 9.74. The lowest BCUT2D eigenvalue weighted by Gasteiger charge is -2.08. The Morgan fingerprint density at radius 1 is 1.42 bits per heavy atom. The molecule has 0 spiro atoms. The highest BCUT2D eigenvalue weighted by Gasteiger charge is 2.13. The predicted octanol–water partition coefficient (Wildman–Crippen LogP) is 3.11. The molecule has 1 N–H and O–H groups in total. The number of amides is 1. The van der Waals surface area contributed by atoms with E-state index in [0.29, 0.717) is 15.7 Å². The Hall–Kier alpha value is -2.26. The van der Waals surface area contributed by atoms with Crippen LogP contribution in [0.4, 0.5) is 10.1 Å². The first-order chi connectivity index (χ1) is 9.11. The maximum Gasteiger partial charge on any atom is 0.258 e. The number of benzene rings is 1. The number of carbonyl (C=O) groups excluding carboxylic acids is 1. The number of halogens is 2. The maximum absolute atomic E-state index is 13.4. The summed E-state index contributed by atoms with van der Waals surface area (Å²) in [5, 5.41) is 11.4. The van der Waals surface area contributed by atoms with Crippen molar-refractivity contribution in [1.29, 1.82) is 5.26 Å². The van der Waals surface area contributed by atoms with E-state index in [1.807, 2.05) is 6.07 Å². The molecule has 4 nitrogen and oxygen atoms in total. The minimum Gasteiger partial charge on any atom is -0.321 e. The standard InChI is InChI=1S/C13H7BrFN3O/c14-9-2-1-8(6-16)12(5-9)18-13(19)10-3-4-17-7-11(10)15/h1-5,7H,(H,18,19). The van der Waals surface area contributed by atoms with Crippen LogP contribution in [0.15, 0.2) is 41.1 Å². The Bertz CT molecular complexity index is 682. The molecule has 6 heteroatoms. The van der Waals surface area contributed by atoms with Gasteiger partial charge in [-0.25, -0.2) is 4.39 Å². The van der Waals surface area contributed by atoms with Gasteiger partial charge in [0.15, 0.2) is 5.82 Å². The number of nitrogens with zero attached hydrogens (tertiary/aromatic N) is 2. The number of pyridine rings is 1. The molecule has 94 valence electrons. The quantitative estimate of drug-likeness (QED) is 0.924. The lowest BCUT2D eigenvalue weighted by Crippen LogP contribution is -2.14. The second kappa shape index (κ2) is 5.59. The van der Waals surface area contributed by atoms with Gasteiger partial charge in [0.25, 0.3) is 5.91 Å². The third-order valence-corrected chi connectivity index (χ3v) is 2.86. The summed E-state index contributed by atoms with van der Waals surface area (Å²) in [7, 11) is 0. The molecule has 0 aliphatic carbocycles. The van der Waals surface area contributed by atoms with E-state index in [1.54, 1.807) is 18.2 Å². The first kappa shape index (κ1) is 13.2. The van der Waals surface area contributed by atoms with Crippen molar-refractivity contribution in [2.45, 2.75) is 0 Å². The molecule has 1 aromatic heterocycles. The summed E-state index contributed by atoms with van der Waals surface area (Å²) in [6.07, 6.45) is 2.28. The number of hydrogen-bond acceptors (Lipinski definition) is 3. The number of nitrogens with one attached hydrogen (secondary N) is 1. The number of carbonyl (C=O) groups is 1. The van der Waals surface area contributed by atoms with E-state index in [4.69, 9.17) is 5.26 Å². The summed E-state index contributed by atoms with van der Waals surface area (Å²) >= 11 is 3.24. The van der Waals surface area contributed by atoms with Gasteiger partial charge in [-0.3, -0.25) is 9.78 Å². The van der Waals surface area contributed by atoms with E-state index < -0.39 is 11.7 Å². The summed E-state index contributed by atoms with van der Waals surface area (Å²) in [6.45, 7) is 0. The molecule has 0 radical (unpaired) electrons. The Morgan fingerprint density at radius 3 is 2.89 bits per heavy atom. The smallest absolute Gasteiger partial charge is 0.258 e. The molecule has 1 heterocycles. The number of hydrogen-bond donors (Lipinski definition) is 1. The van der Waals surface area contributed by atoms with Crippen LogP contribution in [0.1, 0.15) is 15.9 Å². The number of anilines is 1. The Kier molecular flexibility index (Phi) is 3.88. The van der Waals surface area contributed by atoms with Gasteiger partial charge in [0.2, 0.25) is 0 Å². The Morgan fingerprint density at radius 2 is 2.21 bits per heavy atom. The van der Waals surface area contributed by atoms with Crippen LogP contribution in [0, 0.1) is 17.1 Å². The van der Waals surface area contributed by atoms with Crippen molar-refractivity contribution in [1.82, 2.24) is 4.98 Å². The van der Waals surface area contributed by atoms with Crippen LogP contribution in [-0.2, 0) is 0 Å². The highest BCUT2D eigenvalue weighted by molar-refractivity contribution is 9.10. The Labute approximate surface area is 117 Å². The first-order valence-corrected chi connectivity index (χ1v) is 6.01. The zero-order valence-corrected chi connectivity index (χ0v) is 11.1. The number of rotatable bonds is 2. The molecule has 0 atom stereocenters. The van der Waals surface area contributed by atoms with Crippen molar-refractivity contribution in [3.05, 3.63) is 58.1 Å². The van der Waals surface area contributed by atoms with Crippen molar-refractivity contribution < 1.29 is 9.18 Å². The van der Waals surface area contributed by atoms with Gasteiger partial charge in [-0.2, -0.15) is 5.26 Å². The average Bonchev–Trinajstić information content (AvgIpc) is 2.39. The van der Waals surface area contributed by atoms with Crippen LogP contribution in [0.5, 0.6) is 0 Å². The van der Waals surface area contributed by atoms with Gasteiger partial charge >= 0.3 is 0 Å². The Balaban J connectivity index is 2.32. The fourth-order valence-corrected chi connectivity index (χ4v) is 1.83. The van der Waals surface area contributed by atoms with Crippen molar-refractivity contribution in [2.75, 3.05) is 5.32 Å². The van der Waals surface area contributed by atoms with E-state index in [2.05, 4.69) is 26.2 Å². The van der Waals surface area contributed by atoms with Crippen molar-refractivity contribution in [2.24, 2.45) is 0 Å². The number of nitriles is 1. The lowest BCUT2D eigenvalue weighted by atomic mass is 10.1. The van der Waals surface area contributed by atoms with Crippen LogP contribution in [-0.4, -0.2) is 10.9 Å². The molecule has 1 amide bonds. The van der Waals surface area contributed by atoms with Gasteiger partial charge in [-0.1, -0.05) is 15.9 Å². The molecular formula is C13H7BrFN3O. The third-order valence-electron chi connectivity index (χ3n) is 2.37. The van der Waals surface area contributed by atoms with Crippen molar-refractivity contribution in [3.63, 3.8) is 0 Å². The molecular weight excluding hydrogens is 313 g/mol. The van der Waals surface area contributed by atoms with Crippen molar-refractivity contribution >= 4 is 27.5 Å². The minimum atomic E-state index is -0.714. The second-order valence-electron chi connectivity index (χ2n) is 3.61. The molecule has 2 rings (SSSR count). The monoisotopic (exact) mass is 319 g/mol. The van der Waals surface area contributed by atoms with Gasteiger partial charge in [0, 0.05) is 10.7 Å². The van der Waals surface area contributed by atoms with E-state index in [0.717, 1.165) is 6.20 Å². The molecule has 0 unspecified atom stereocenters. The molecule has 0 saturated carbocycles. The third kappa shape index (κ3) is 2.95. The van der Waals surface area contributed by atoms with Gasteiger partial charge in [-0.05, 0) is 24.3 Å². The highest BCUT2D eigenvalue weighted by Crippen LogP contribution is 2.21. The molecule has 0 aliphatic rings. The molecule has 0 saturated heterocycles. The van der Waals surface area contributed by atoms with Gasteiger partial charge in [0.1, 0.15) is 6.07 Å². The van der Waals surface area contributed by atoms with Crippen LogP contribution >= 0.6 is 15.9 Å². The second-order valence-corrected chi connectivity index (χ2v) is 4.53. The summed E-state index contributed by atoms with van der Waals surface area (Å²) < 4.78 is 14.1. The van der Waals surface area contributed by atoms with Crippen molar-refractivity contribution in [3.8, 4) is 6.07 Å². The summed E-state index contributed by atoms with van der Waals surface area (Å²) in [5.74, 6) is -1.34. The summed E-state index contributed by atoms with van der Waals surface area (Å²) in [5.41, 5.74) is 0.489. The lowest BCUT2D eigenvalue weighted by molar-refractivity contribution is 0.102.